The molecule has 132 valence electrons. The molecule has 3 N–H and O–H groups in total. The minimum Gasteiger partial charge on any atom is -0.449 e. The number of thiophene rings is 1. The molecule has 10 heteroatoms. The number of hydrogen-bond acceptors (Lipinski definition) is 5. The number of rotatable bonds is 5. The second kappa shape index (κ2) is 7.58. The Morgan fingerprint density at radius 2 is 1.88 bits per heavy atom. The second-order valence-corrected chi connectivity index (χ2v) is 6.13. The summed E-state index contributed by atoms with van der Waals surface area (Å²) in [7, 11) is 0. The molecule has 2 amide bonds. The number of carbonyl (C=O) groups excluding carboxylic acids is 3. The number of primary amides is 1. The van der Waals surface area contributed by atoms with Gasteiger partial charge in [-0.05, 0) is 30.5 Å². The molecule has 25 heavy (non-hydrogen) atoms. The first-order chi connectivity index (χ1) is 11.7. The largest absolute Gasteiger partial charge is 0.449 e. The predicted octanol–water partition coefficient (Wildman–Crippen LogP) is 2.96. The fourth-order valence-corrected chi connectivity index (χ4v) is 2.79. The summed E-state index contributed by atoms with van der Waals surface area (Å²) in [6.45, 7) is 1.26. The van der Waals surface area contributed by atoms with E-state index in [1.807, 2.05) is 0 Å². The topological polar surface area (TPSA) is 98.5 Å². The van der Waals surface area contributed by atoms with Crippen molar-refractivity contribution < 1.29 is 27.9 Å². The molecule has 0 saturated carbocycles. The number of amides is 2. The van der Waals surface area contributed by atoms with Gasteiger partial charge in [-0.3, -0.25) is 9.59 Å². The van der Waals surface area contributed by atoms with Crippen LogP contribution in [0.3, 0.4) is 0 Å². The van der Waals surface area contributed by atoms with Crippen molar-refractivity contribution in [2.45, 2.75) is 13.0 Å². The summed E-state index contributed by atoms with van der Waals surface area (Å²) in [5, 5.41) is 3.79. The predicted molar refractivity (Wildman–Crippen MR) is 87.7 cm³/mol. The third-order valence-electron chi connectivity index (χ3n) is 3.05. The van der Waals surface area contributed by atoms with E-state index < -0.39 is 41.1 Å². The quantitative estimate of drug-likeness (QED) is 0.607. The van der Waals surface area contributed by atoms with Gasteiger partial charge in [0.15, 0.2) is 17.7 Å². The van der Waals surface area contributed by atoms with Crippen LogP contribution in [0.2, 0.25) is 5.02 Å². The molecule has 0 saturated heterocycles. The summed E-state index contributed by atoms with van der Waals surface area (Å²) in [6, 6.07) is 2.64. The lowest BCUT2D eigenvalue weighted by Gasteiger charge is -2.14. The lowest BCUT2D eigenvalue weighted by molar-refractivity contribution is -0.123. The van der Waals surface area contributed by atoms with E-state index >= 15 is 0 Å². The number of esters is 1. The van der Waals surface area contributed by atoms with Crippen molar-refractivity contribution in [2.24, 2.45) is 5.73 Å². The molecule has 1 atom stereocenters. The molecule has 0 bridgehead atoms. The van der Waals surface area contributed by atoms with Crippen LogP contribution in [-0.2, 0) is 9.53 Å². The fraction of sp³-hybridized carbons (Fsp3) is 0.133. The maximum absolute atomic E-state index is 13.2. The molecule has 0 fully saturated rings. The molecule has 2 rings (SSSR count). The van der Waals surface area contributed by atoms with Crippen molar-refractivity contribution >= 4 is 45.7 Å². The smallest absolute Gasteiger partial charge is 0.340 e. The lowest BCUT2D eigenvalue weighted by Crippen LogP contribution is -2.30. The molecular weight excluding hydrogens is 378 g/mol. The second-order valence-electron chi connectivity index (χ2n) is 4.81. The molecule has 1 unspecified atom stereocenters. The van der Waals surface area contributed by atoms with Gasteiger partial charge in [0.05, 0.1) is 16.1 Å². The number of carbonyl (C=O) groups is 3. The average Bonchev–Trinajstić information content (AvgIpc) is 2.98. The van der Waals surface area contributed by atoms with Gasteiger partial charge in [0.1, 0.15) is 5.00 Å². The summed E-state index contributed by atoms with van der Waals surface area (Å²) in [4.78, 5) is 35.2. The van der Waals surface area contributed by atoms with Crippen LogP contribution in [-0.4, -0.2) is 23.9 Å². The van der Waals surface area contributed by atoms with E-state index in [9.17, 15) is 23.2 Å². The molecule has 1 aromatic carbocycles. The molecule has 1 aromatic heterocycles. The van der Waals surface area contributed by atoms with E-state index in [0.29, 0.717) is 12.1 Å². The van der Waals surface area contributed by atoms with Crippen molar-refractivity contribution in [3.8, 4) is 0 Å². The highest BCUT2D eigenvalue weighted by Gasteiger charge is 2.23. The molecule has 6 nitrogen and oxygen atoms in total. The Kier molecular flexibility index (Phi) is 5.70. The number of hydrogen-bond donors (Lipinski definition) is 2. The van der Waals surface area contributed by atoms with E-state index in [0.717, 1.165) is 11.3 Å². The van der Waals surface area contributed by atoms with Gasteiger partial charge in [-0.15, -0.1) is 11.3 Å². The average molecular weight is 389 g/mol. The zero-order chi connectivity index (χ0) is 18.7. The summed E-state index contributed by atoms with van der Waals surface area (Å²) < 4.78 is 31.1. The Balaban J connectivity index is 2.08. The van der Waals surface area contributed by atoms with Crippen LogP contribution < -0.4 is 11.1 Å². The molecule has 1 heterocycles. The maximum atomic E-state index is 13.2. The maximum Gasteiger partial charge on any atom is 0.340 e. The van der Waals surface area contributed by atoms with Gasteiger partial charge >= 0.3 is 5.97 Å². The van der Waals surface area contributed by atoms with Crippen LogP contribution in [0, 0.1) is 11.6 Å². The number of anilines is 1. The highest BCUT2D eigenvalue weighted by atomic mass is 35.5. The minimum absolute atomic E-state index is 0.112. The number of benzene rings is 1. The van der Waals surface area contributed by atoms with Crippen molar-refractivity contribution in [3.05, 3.63) is 51.4 Å². The molecular formula is C15H11ClF2N2O4S. The number of halogens is 3. The standard InChI is InChI=1S/C15H11ClF2N2O4S/c1-6(13(22)20-14-7(12(19)21)2-3-25-14)24-15(23)8-4-10(17)11(18)5-9(8)16/h2-6H,1H3,(H2,19,21)(H,20,22). The minimum atomic E-state index is -1.29. The van der Waals surface area contributed by atoms with Crippen molar-refractivity contribution in [2.75, 3.05) is 5.32 Å². The first-order valence-corrected chi connectivity index (χ1v) is 8.00. The van der Waals surface area contributed by atoms with Crippen molar-refractivity contribution in [1.29, 1.82) is 0 Å². The lowest BCUT2D eigenvalue weighted by atomic mass is 10.2. The summed E-state index contributed by atoms with van der Waals surface area (Å²) >= 11 is 6.73. The summed E-state index contributed by atoms with van der Waals surface area (Å²) in [5.41, 5.74) is 4.85. The molecule has 0 radical (unpaired) electrons. The number of ether oxygens (including phenoxy) is 1. The Labute approximate surface area is 149 Å². The highest BCUT2D eigenvalue weighted by molar-refractivity contribution is 7.14. The molecule has 2 aromatic rings. The van der Waals surface area contributed by atoms with Crippen LogP contribution in [0.15, 0.2) is 23.6 Å². The van der Waals surface area contributed by atoms with Gasteiger partial charge in [0, 0.05) is 0 Å². The molecule has 0 aliphatic rings. The first kappa shape index (κ1) is 18.8. The molecule has 0 aliphatic heterocycles. The Bertz CT molecular complexity index is 856. The van der Waals surface area contributed by atoms with Gasteiger partial charge in [-0.1, -0.05) is 11.6 Å². The Morgan fingerprint density at radius 1 is 1.24 bits per heavy atom. The van der Waals surface area contributed by atoms with Crippen LogP contribution >= 0.6 is 22.9 Å². The Hall–Kier alpha value is -2.52. The zero-order valence-electron chi connectivity index (χ0n) is 12.6. The summed E-state index contributed by atoms with van der Waals surface area (Å²) in [5.74, 6) is -5.07. The summed E-state index contributed by atoms with van der Waals surface area (Å²) in [6.07, 6.45) is -1.29. The first-order valence-electron chi connectivity index (χ1n) is 6.74. The van der Waals surface area contributed by atoms with Crippen molar-refractivity contribution in [3.63, 3.8) is 0 Å². The monoisotopic (exact) mass is 388 g/mol. The van der Waals surface area contributed by atoms with Gasteiger partial charge in [0.2, 0.25) is 0 Å². The Morgan fingerprint density at radius 3 is 2.52 bits per heavy atom. The molecule has 0 spiro atoms. The zero-order valence-corrected chi connectivity index (χ0v) is 14.2. The van der Waals surface area contributed by atoms with Crippen LogP contribution in [0.4, 0.5) is 13.8 Å². The molecule has 0 aliphatic carbocycles. The van der Waals surface area contributed by atoms with Gasteiger partial charge in [-0.25, -0.2) is 13.6 Å². The van der Waals surface area contributed by atoms with Crippen LogP contribution in [0.25, 0.3) is 0 Å². The van der Waals surface area contributed by atoms with Crippen LogP contribution in [0.1, 0.15) is 27.6 Å². The fourth-order valence-electron chi connectivity index (χ4n) is 1.77. The third-order valence-corrected chi connectivity index (χ3v) is 4.19. The SMILES string of the molecule is CC(OC(=O)c1cc(F)c(F)cc1Cl)C(=O)Nc1sccc1C(N)=O. The van der Waals surface area contributed by atoms with E-state index in [2.05, 4.69) is 5.32 Å². The van der Waals surface area contributed by atoms with E-state index in [-0.39, 0.29) is 15.6 Å². The van der Waals surface area contributed by atoms with Crippen molar-refractivity contribution in [1.82, 2.24) is 0 Å². The van der Waals surface area contributed by atoms with Gasteiger partial charge < -0.3 is 15.8 Å². The van der Waals surface area contributed by atoms with E-state index in [1.165, 1.54) is 13.0 Å². The number of nitrogens with one attached hydrogen (secondary N) is 1. The normalized spacial score (nSPS) is 11.7. The van der Waals surface area contributed by atoms with Gasteiger partial charge in [0.25, 0.3) is 11.8 Å². The number of nitrogens with two attached hydrogens (primary N) is 1. The van der Waals surface area contributed by atoms with E-state index in [4.69, 9.17) is 22.1 Å². The van der Waals surface area contributed by atoms with E-state index in [1.54, 1.807) is 5.38 Å². The van der Waals surface area contributed by atoms with Gasteiger partial charge in [-0.2, -0.15) is 0 Å². The highest BCUT2D eigenvalue weighted by Crippen LogP contribution is 2.24. The third kappa shape index (κ3) is 4.31. The van der Waals surface area contributed by atoms with Crippen LogP contribution in [0.5, 0.6) is 0 Å².